The minimum atomic E-state index is 0.477. The van der Waals surface area contributed by atoms with E-state index in [2.05, 4.69) is 29.6 Å². The van der Waals surface area contributed by atoms with Gasteiger partial charge in [0.25, 0.3) is 0 Å². The zero-order chi connectivity index (χ0) is 16.9. The molecule has 0 aliphatic rings. The minimum Gasteiger partial charge on any atom is -0.457 e. The lowest BCUT2D eigenvalue weighted by molar-refractivity contribution is 0.474. The molecule has 3 rings (SSSR count). The Labute approximate surface area is 152 Å². The molecule has 0 aliphatic carbocycles. The Morgan fingerprint density at radius 1 is 0.833 bits per heavy atom. The number of hydrogen-bond acceptors (Lipinski definition) is 2. The Hall–Kier alpha value is -2.00. The first-order chi connectivity index (χ1) is 11.7. The highest BCUT2D eigenvalue weighted by Gasteiger charge is 2.08. The van der Waals surface area contributed by atoms with E-state index in [0.717, 1.165) is 16.9 Å². The van der Waals surface area contributed by atoms with E-state index in [1.165, 1.54) is 5.56 Å². The third kappa shape index (κ3) is 3.90. The number of halogens is 2. The summed E-state index contributed by atoms with van der Waals surface area (Å²) in [6, 6.07) is 21.7. The maximum absolute atomic E-state index is 6.06. The van der Waals surface area contributed by atoms with Gasteiger partial charge < -0.3 is 10.1 Å². The quantitative estimate of drug-likeness (QED) is 0.589. The predicted octanol–water partition coefficient (Wildman–Crippen LogP) is 6.17. The fraction of sp³-hybridized carbons (Fsp3) is 0.100. The van der Waals surface area contributed by atoms with Crippen LogP contribution in [0.2, 0.25) is 10.0 Å². The average molecular weight is 358 g/mol. The van der Waals surface area contributed by atoms with Crippen LogP contribution in [0.25, 0.3) is 11.1 Å². The molecule has 1 N–H and O–H groups in total. The van der Waals surface area contributed by atoms with Crippen molar-refractivity contribution in [3.63, 3.8) is 0 Å². The normalized spacial score (nSPS) is 10.6. The minimum absolute atomic E-state index is 0.477. The largest absolute Gasteiger partial charge is 0.457 e. The summed E-state index contributed by atoms with van der Waals surface area (Å²) in [7, 11) is 1.91. The van der Waals surface area contributed by atoms with Crippen LogP contribution in [0.15, 0.2) is 66.7 Å². The van der Waals surface area contributed by atoms with Crippen molar-refractivity contribution in [2.75, 3.05) is 7.05 Å². The van der Waals surface area contributed by atoms with Gasteiger partial charge in [0.2, 0.25) is 0 Å². The molecule has 0 saturated heterocycles. The number of nitrogens with one attached hydrogen (secondary N) is 1. The van der Waals surface area contributed by atoms with E-state index in [-0.39, 0.29) is 0 Å². The van der Waals surface area contributed by atoms with E-state index >= 15 is 0 Å². The molecular formula is C20H17Cl2NO. The fourth-order valence-corrected chi connectivity index (χ4v) is 2.77. The van der Waals surface area contributed by atoms with E-state index in [1.807, 2.05) is 37.4 Å². The summed E-state index contributed by atoms with van der Waals surface area (Å²) in [5, 5.41) is 4.17. The van der Waals surface area contributed by atoms with Crippen LogP contribution in [0.4, 0.5) is 0 Å². The predicted molar refractivity (Wildman–Crippen MR) is 101 cm³/mol. The lowest BCUT2D eigenvalue weighted by atomic mass is 10.0. The van der Waals surface area contributed by atoms with Crippen LogP contribution in [-0.4, -0.2) is 7.05 Å². The molecule has 122 valence electrons. The Bertz CT molecular complexity index is 834. The van der Waals surface area contributed by atoms with Crippen LogP contribution < -0.4 is 10.1 Å². The lowest BCUT2D eigenvalue weighted by Gasteiger charge is -2.13. The zero-order valence-corrected chi connectivity index (χ0v) is 14.7. The maximum atomic E-state index is 6.06. The first kappa shape index (κ1) is 16.8. The maximum Gasteiger partial charge on any atom is 0.131 e. The first-order valence-corrected chi connectivity index (χ1v) is 8.39. The molecule has 0 unspecified atom stereocenters. The summed E-state index contributed by atoms with van der Waals surface area (Å²) in [6.45, 7) is 0.706. The van der Waals surface area contributed by atoms with Crippen molar-refractivity contribution in [1.82, 2.24) is 5.32 Å². The molecule has 0 radical (unpaired) electrons. The highest BCUT2D eigenvalue weighted by atomic mass is 35.5. The van der Waals surface area contributed by atoms with Crippen molar-refractivity contribution in [2.24, 2.45) is 0 Å². The third-order valence-electron chi connectivity index (χ3n) is 3.65. The van der Waals surface area contributed by atoms with Crippen molar-refractivity contribution in [3.05, 3.63) is 82.3 Å². The van der Waals surface area contributed by atoms with Gasteiger partial charge in [0, 0.05) is 18.2 Å². The van der Waals surface area contributed by atoms with Gasteiger partial charge in [-0.05, 0) is 42.4 Å². The van der Waals surface area contributed by atoms with Crippen molar-refractivity contribution >= 4 is 23.2 Å². The zero-order valence-electron chi connectivity index (χ0n) is 13.2. The molecule has 0 aromatic heterocycles. The topological polar surface area (TPSA) is 21.3 Å². The van der Waals surface area contributed by atoms with Crippen LogP contribution in [0.3, 0.4) is 0 Å². The van der Waals surface area contributed by atoms with Gasteiger partial charge in [-0.3, -0.25) is 0 Å². The van der Waals surface area contributed by atoms with Gasteiger partial charge in [-0.25, -0.2) is 0 Å². The molecule has 0 amide bonds. The Morgan fingerprint density at radius 2 is 1.62 bits per heavy atom. The Balaban J connectivity index is 1.93. The summed E-state index contributed by atoms with van der Waals surface area (Å²) < 4.78 is 6.01. The average Bonchev–Trinajstić information content (AvgIpc) is 2.61. The second kappa shape index (κ2) is 7.71. The van der Waals surface area contributed by atoms with Crippen molar-refractivity contribution in [1.29, 1.82) is 0 Å². The molecule has 0 aliphatic heterocycles. The standard InChI is InChI=1S/C20H17Cl2NO/c1-23-13-16-11-15(14-5-3-2-4-6-14)7-10-20(16)24-17-8-9-18(21)19(22)12-17/h2-12,23H,13H2,1H3. The molecule has 2 nitrogen and oxygen atoms in total. The molecule has 0 bridgehead atoms. The van der Waals surface area contributed by atoms with Crippen molar-refractivity contribution in [3.8, 4) is 22.6 Å². The second-order valence-electron chi connectivity index (χ2n) is 5.40. The molecule has 0 heterocycles. The van der Waals surface area contributed by atoms with Gasteiger partial charge >= 0.3 is 0 Å². The van der Waals surface area contributed by atoms with Crippen LogP contribution in [0.1, 0.15) is 5.56 Å². The lowest BCUT2D eigenvalue weighted by Crippen LogP contribution is -2.06. The molecule has 24 heavy (non-hydrogen) atoms. The molecule has 4 heteroatoms. The van der Waals surface area contributed by atoms with E-state index in [9.17, 15) is 0 Å². The van der Waals surface area contributed by atoms with Crippen LogP contribution in [-0.2, 0) is 6.54 Å². The van der Waals surface area contributed by atoms with Gasteiger partial charge in [-0.1, -0.05) is 59.6 Å². The van der Waals surface area contributed by atoms with E-state index in [4.69, 9.17) is 27.9 Å². The van der Waals surface area contributed by atoms with Crippen LogP contribution >= 0.6 is 23.2 Å². The van der Waals surface area contributed by atoms with E-state index in [0.29, 0.717) is 22.3 Å². The number of rotatable bonds is 5. The first-order valence-electron chi connectivity index (χ1n) is 7.63. The SMILES string of the molecule is CNCc1cc(-c2ccccc2)ccc1Oc1ccc(Cl)c(Cl)c1. The Kier molecular flexibility index (Phi) is 5.41. The van der Waals surface area contributed by atoms with Gasteiger partial charge in [0.1, 0.15) is 11.5 Å². The van der Waals surface area contributed by atoms with Gasteiger partial charge in [-0.15, -0.1) is 0 Å². The van der Waals surface area contributed by atoms with Gasteiger partial charge in [0.05, 0.1) is 10.0 Å². The van der Waals surface area contributed by atoms with Gasteiger partial charge in [0.15, 0.2) is 0 Å². The molecule has 0 saturated carbocycles. The molecule has 3 aromatic carbocycles. The summed E-state index contributed by atoms with van der Waals surface area (Å²) in [6.07, 6.45) is 0. The van der Waals surface area contributed by atoms with Crippen LogP contribution in [0, 0.1) is 0 Å². The molecule has 0 atom stereocenters. The number of ether oxygens (including phenoxy) is 1. The second-order valence-corrected chi connectivity index (χ2v) is 6.21. The van der Waals surface area contributed by atoms with E-state index < -0.39 is 0 Å². The van der Waals surface area contributed by atoms with Crippen molar-refractivity contribution < 1.29 is 4.74 Å². The third-order valence-corrected chi connectivity index (χ3v) is 4.39. The molecule has 3 aromatic rings. The van der Waals surface area contributed by atoms with Gasteiger partial charge in [-0.2, -0.15) is 0 Å². The fourth-order valence-electron chi connectivity index (χ4n) is 2.49. The summed E-state index contributed by atoms with van der Waals surface area (Å²) in [4.78, 5) is 0. The smallest absolute Gasteiger partial charge is 0.131 e. The molecule has 0 spiro atoms. The highest BCUT2D eigenvalue weighted by molar-refractivity contribution is 6.42. The molecule has 0 fully saturated rings. The molecular weight excluding hydrogens is 341 g/mol. The monoisotopic (exact) mass is 357 g/mol. The Morgan fingerprint density at radius 3 is 2.33 bits per heavy atom. The van der Waals surface area contributed by atoms with Crippen LogP contribution in [0.5, 0.6) is 11.5 Å². The number of benzene rings is 3. The number of hydrogen-bond donors (Lipinski definition) is 1. The van der Waals surface area contributed by atoms with Crippen molar-refractivity contribution in [2.45, 2.75) is 6.54 Å². The summed E-state index contributed by atoms with van der Waals surface area (Å²) in [5.41, 5.74) is 3.41. The summed E-state index contributed by atoms with van der Waals surface area (Å²) >= 11 is 12.0. The highest BCUT2D eigenvalue weighted by Crippen LogP contribution is 2.33. The summed E-state index contributed by atoms with van der Waals surface area (Å²) in [5.74, 6) is 1.46. The van der Waals surface area contributed by atoms with E-state index in [1.54, 1.807) is 12.1 Å².